The van der Waals surface area contributed by atoms with E-state index in [1.807, 2.05) is 0 Å². The molecule has 1 aliphatic rings. The zero-order chi connectivity index (χ0) is 9.19. The summed E-state index contributed by atoms with van der Waals surface area (Å²) in [5, 5.41) is 8.68. The molecular formula is C11H17N. The van der Waals surface area contributed by atoms with Crippen molar-refractivity contribution in [3.8, 4) is 6.07 Å². The first-order valence-electron chi connectivity index (χ1n) is 4.61. The first-order chi connectivity index (χ1) is 5.58. The Labute approximate surface area is 75.1 Å². The minimum absolute atomic E-state index is 0.336. The monoisotopic (exact) mass is 163 g/mol. The lowest BCUT2D eigenvalue weighted by atomic mass is 9.99. The van der Waals surface area contributed by atoms with Gasteiger partial charge in [-0.3, -0.25) is 0 Å². The Morgan fingerprint density at radius 1 is 1.67 bits per heavy atom. The second-order valence-electron chi connectivity index (χ2n) is 4.36. The number of hydrogen-bond acceptors (Lipinski definition) is 1. The van der Waals surface area contributed by atoms with Gasteiger partial charge in [-0.15, -0.1) is 0 Å². The summed E-state index contributed by atoms with van der Waals surface area (Å²) in [6.45, 7) is 6.47. The van der Waals surface area contributed by atoms with Crippen molar-refractivity contribution in [2.24, 2.45) is 11.3 Å². The van der Waals surface area contributed by atoms with E-state index in [1.165, 1.54) is 12.0 Å². The van der Waals surface area contributed by atoms with Crippen LogP contribution in [0.25, 0.3) is 0 Å². The molecule has 1 rings (SSSR count). The molecule has 1 nitrogen and oxygen atoms in total. The van der Waals surface area contributed by atoms with Crippen LogP contribution in [-0.4, -0.2) is 0 Å². The highest BCUT2D eigenvalue weighted by atomic mass is 14.5. The first-order valence-corrected chi connectivity index (χ1v) is 4.61. The lowest BCUT2D eigenvalue weighted by Crippen LogP contribution is -1.95. The van der Waals surface area contributed by atoms with Gasteiger partial charge in [0.2, 0.25) is 0 Å². The topological polar surface area (TPSA) is 23.8 Å². The Balaban J connectivity index is 2.27. The predicted octanol–water partition coefficient (Wildman–Crippen LogP) is 3.28. The molecular weight excluding hydrogens is 146 g/mol. The maximum absolute atomic E-state index is 8.68. The smallest absolute Gasteiger partial charge is 0.0661 e. The molecule has 0 amide bonds. The van der Waals surface area contributed by atoms with Crippen LogP contribution in [0.15, 0.2) is 11.6 Å². The van der Waals surface area contributed by atoms with E-state index in [0.717, 1.165) is 12.8 Å². The zero-order valence-corrected chi connectivity index (χ0v) is 8.22. The molecule has 2 atom stereocenters. The molecule has 0 aromatic heterocycles. The van der Waals surface area contributed by atoms with Crippen molar-refractivity contribution in [3.05, 3.63) is 11.6 Å². The molecule has 1 aliphatic carbocycles. The molecule has 0 saturated heterocycles. The van der Waals surface area contributed by atoms with E-state index >= 15 is 0 Å². The van der Waals surface area contributed by atoms with E-state index in [1.54, 1.807) is 0 Å². The number of hydrogen-bond donors (Lipinski definition) is 0. The minimum Gasteiger partial charge on any atom is -0.198 e. The summed E-state index contributed by atoms with van der Waals surface area (Å²) in [4.78, 5) is 0. The maximum Gasteiger partial charge on any atom is 0.0661 e. The van der Waals surface area contributed by atoms with Gasteiger partial charge in [-0.25, -0.2) is 0 Å². The second kappa shape index (κ2) is 3.31. The maximum atomic E-state index is 8.68. The highest BCUT2D eigenvalue weighted by molar-refractivity contribution is 5.10. The lowest BCUT2D eigenvalue weighted by molar-refractivity contribution is 0.497. The standard InChI is InChI=1S/C11H17N/c1-9(2)5-4-6-11(3)7-10(11)8-12/h5,10H,4,6-7H2,1-3H3. The quantitative estimate of drug-likeness (QED) is 0.586. The molecule has 1 heteroatoms. The molecule has 66 valence electrons. The van der Waals surface area contributed by atoms with E-state index in [9.17, 15) is 0 Å². The molecule has 1 saturated carbocycles. The summed E-state index contributed by atoms with van der Waals surface area (Å²) in [6, 6.07) is 2.35. The molecule has 0 radical (unpaired) electrons. The highest BCUT2D eigenvalue weighted by Crippen LogP contribution is 2.55. The summed E-state index contributed by atoms with van der Waals surface area (Å²) in [7, 11) is 0. The molecule has 0 aromatic carbocycles. The molecule has 2 unspecified atom stereocenters. The van der Waals surface area contributed by atoms with Crippen molar-refractivity contribution in [3.63, 3.8) is 0 Å². The van der Waals surface area contributed by atoms with Crippen molar-refractivity contribution in [2.75, 3.05) is 0 Å². The van der Waals surface area contributed by atoms with E-state index in [-0.39, 0.29) is 0 Å². The SMILES string of the molecule is CC(C)=CCCC1(C)CC1C#N. The third kappa shape index (κ3) is 2.11. The first kappa shape index (κ1) is 9.32. The summed E-state index contributed by atoms with van der Waals surface area (Å²) in [5.41, 5.74) is 1.73. The van der Waals surface area contributed by atoms with Crippen molar-refractivity contribution >= 4 is 0 Å². The highest BCUT2D eigenvalue weighted by Gasteiger charge is 2.49. The van der Waals surface area contributed by atoms with Crippen LogP contribution in [0, 0.1) is 22.7 Å². The van der Waals surface area contributed by atoms with Crippen molar-refractivity contribution in [1.82, 2.24) is 0 Å². The van der Waals surface area contributed by atoms with Crippen LogP contribution >= 0.6 is 0 Å². The van der Waals surface area contributed by atoms with Gasteiger partial charge >= 0.3 is 0 Å². The van der Waals surface area contributed by atoms with Crippen LogP contribution in [0.3, 0.4) is 0 Å². The van der Waals surface area contributed by atoms with Gasteiger partial charge in [0.1, 0.15) is 0 Å². The zero-order valence-electron chi connectivity index (χ0n) is 8.22. The number of rotatable bonds is 3. The molecule has 1 fully saturated rings. The summed E-state index contributed by atoms with van der Waals surface area (Å²) < 4.78 is 0. The molecule has 12 heavy (non-hydrogen) atoms. The average Bonchev–Trinajstić information content (AvgIpc) is 2.61. The van der Waals surface area contributed by atoms with Gasteiger partial charge in [0.05, 0.1) is 12.0 Å². The Hall–Kier alpha value is -0.770. The van der Waals surface area contributed by atoms with Crippen LogP contribution < -0.4 is 0 Å². The van der Waals surface area contributed by atoms with Crippen LogP contribution in [0.1, 0.15) is 40.0 Å². The molecule has 0 aromatic rings. The Morgan fingerprint density at radius 2 is 2.33 bits per heavy atom. The van der Waals surface area contributed by atoms with E-state index in [0.29, 0.717) is 11.3 Å². The number of allylic oxidation sites excluding steroid dienone is 2. The van der Waals surface area contributed by atoms with Gasteiger partial charge in [0.15, 0.2) is 0 Å². The Morgan fingerprint density at radius 3 is 2.75 bits per heavy atom. The van der Waals surface area contributed by atoms with Gasteiger partial charge in [-0.1, -0.05) is 18.6 Å². The van der Waals surface area contributed by atoms with E-state index in [4.69, 9.17) is 5.26 Å². The Kier molecular flexibility index (Phi) is 2.57. The van der Waals surface area contributed by atoms with Crippen molar-refractivity contribution in [2.45, 2.75) is 40.0 Å². The van der Waals surface area contributed by atoms with Crippen LogP contribution in [0.4, 0.5) is 0 Å². The van der Waals surface area contributed by atoms with Crippen molar-refractivity contribution < 1.29 is 0 Å². The van der Waals surface area contributed by atoms with E-state index < -0.39 is 0 Å². The van der Waals surface area contributed by atoms with Gasteiger partial charge in [0.25, 0.3) is 0 Å². The van der Waals surface area contributed by atoms with Gasteiger partial charge < -0.3 is 0 Å². The van der Waals surface area contributed by atoms with E-state index in [2.05, 4.69) is 32.9 Å². The lowest BCUT2D eigenvalue weighted by Gasteiger charge is -2.05. The van der Waals surface area contributed by atoms with Gasteiger partial charge in [0, 0.05) is 0 Å². The summed E-state index contributed by atoms with van der Waals surface area (Å²) >= 11 is 0. The summed E-state index contributed by atoms with van der Waals surface area (Å²) in [5.74, 6) is 0.336. The van der Waals surface area contributed by atoms with Crippen LogP contribution in [-0.2, 0) is 0 Å². The fourth-order valence-electron chi connectivity index (χ4n) is 1.58. The minimum atomic E-state index is 0.336. The fraction of sp³-hybridized carbons (Fsp3) is 0.727. The normalized spacial score (nSPS) is 32.3. The third-order valence-corrected chi connectivity index (χ3v) is 2.78. The van der Waals surface area contributed by atoms with Crippen LogP contribution in [0.5, 0.6) is 0 Å². The summed E-state index contributed by atoms with van der Waals surface area (Å²) in [6.07, 6.45) is 5.69. The molecule has 0 bridgehead atoms. The van der Waals surface area contributed by atoms with Crippen LogP contribution in [0.2, 0.25) is 0 Å². The second-order valence-corrected chi connectivity index (χ2v) is 4.36. The largest absolute Gasteiger partial charge is 0.198 e. The Bertz CT molecular complexity index is 230. The fourth-order valence-corrected chi connectivity index (χ4v) is 1.58. The van der Waals surface area contributed by atoms with Gasteiger partial charge in [-0.2, -0.15) is 5.26 Å². The molecule has 0 N–H and O–H groups in total. The molecule has 0 spiro atoms. The number of nitriles is 1. The number of nitrogens with zero attached hydrogens (tertiary/aromatic N) is 1. The molecule has 0 heterocycles. The molecule has 0 aliphatic heterocycles. The van der Waals surface area contributed by atoms with Gasteiger partial charge in [-0.05, 0) is 38.5 Å². The predicted molar refractivity (Wildman–Crippen MR) is 50.5 cm³/mol. The van der Waals surface area contributed by atoms with Crippen molar-refractivity contribution in [1.29, 1.82) is 5.26 Å². The third-order valence-electron chi connectivity index (χ3n) is 2.78. The average molecular weight is 163 g/mol.